The molecule has 19 heavy (non-hydrogen) atoms. The van der Waals surface area contributed by atoms with Gasteiger partial charge in [0.05, 0.1) is 18.9 Å². The lowest BCUT2D eigenvalue weighted by Crippen LogP contribution is -2.53. The molecule has 0 amide bonds. The molecule has 2 rings (SSSR count). The second-order valence-corrected chi connectivity index (χ2v) is 5.63. The maximum Gasteiger partial charge on any atom is 0.113 e. The molecule has 1 aliphatic rings. The number of aliphatic hydroxyl groups is 1. The number of hydrogen-bond donors (Lipinski definition) is 1. The molecule has 0 saturated carbocycles. The Kier molecular flexibility index (Phi) is 4.60. The monoisotopic (exact) mass is 267 g/mol. The first-order valence-electron chi connectivity index (χ1n) is 7.10. The molecule has 2 heterocycles. The third-order valence-corrected chi connectivity index (χ3v) is 3.96. The van der Waals surface area contributed by atoms with Crippen molar-refractivity contribution in [3.05, 3.63) is 18.0 Å². The molecule has 1 unspecified atom stereocenters. The summed E-state index contributed by atoms with van der Waals surface area (Å²) in [5, 5.41) is 15.1. The minimum atomic E-state index is -0.542. The molecule has 0 spiro atoms. The number of aromatic nitrogens is 2. The average molecular weight is 267 g/mol. The lowest BCUT2D eigenvalue weighted by atomic mass is 9.92. The molecule has 5 heteroatoms. The Balaban J connectivity index is 2.16. The summed E-state index contributed by atoms with van der Waals surface area (Å²) in [5.74, 6) is 0. The fourth-order valence-electron chi connectivity index (χ4n) is 2.65. The van der Waals surface area contributed by atoms with E-state index in [0.717, 1.165) is 45.0 Å². The molecule has 5 nitrogen and oxygen atoms in total. The Morgan fingerprint density at radius 3 is 2.74 bits per heavy atom. The molecule has 0 aliphatic carbocycles. The number of hydrogen-bond acceptors (Lipinski definition) is 4. The Morgan fingerprint density at radius 1 is 1.42 bits per heavy atom. The summed E-state index contributed by atoms with van der Waals surface area (Å²) in [4.78, 5) is 2.30. The number of aryl methyl sites for hydroxylation is 1. The second-order valence-electron chi connectivity index (χ2n) is 5.63. The van der Waals surface area contributed by atoms with Crippen LogP contribution in [0.3, 0.4) is 0 Å². The van der Waals surface area contributed by atoms with Crippen LogP contribution < -0.4 is 0 Å². The van der Waals surface area contributed by atoms with E-state index in [1.165, 1.54) is 0 Å². The van der Waals surface area contributed by atoms with Crippen LogP contribution in [0.4, 0.5) is 0 Å². The van der Waals surface area contributed by atoms with E-state index < -0.39 is 6.10 Å². The van der Waals surface area contributed by atoms with Gasteiger partial charge in [-0.1, -0.05) is 6.92 Å². The van der Waals surface area contributed by atoms with Gasteiger partial charge in [0.15, 0.2) is 0 Å². The van der Waals surface area contributed by atoms with E-state index >= 15 is 0 Å². The lowest BCUT2D eigenvalue weighted by Gasteiger charge is -2.43. The SMILES string of the molecule is CCCn1nccc1C(O)C(C)(C)N1CCOCC1. The van der Waals surface area contributed by atoms with Crippen molar-refractivity contribution in [2.45, 2.75) is 45.4 Å². The molecule has 0 bridgehead atoms. The standard InChI is InChI=1S/C14H25N3O2/c1-4-7-17-12(5-6-15-17)13(18)14(2,3)16-8-10-19-11-9-16/h5-6,13,18H,4,7-11H2,1-3H3. The fourth-order valence-corrected chi connectivity index (χ4v) is 2.65. The Morgan fingerprint density at radius 2 is 2.11 bits per heavy atom. The van der Waals surface area contributed by atoms with Gasteiger partial charge in [-0.05, 0) is 26.3 Å². The molecular weight excluding hydrogens is 242 g/mol. The molecule has 108 valence electrons. The first-order chi connectivity index (χ1) is 9.07. The first kappa shape index (κ1) is 14.5. The third kappa shape index (κ3) is 2.99. The predicted molar refractivity (Wildman–Crippen MR) is 73.9 cm³/mol. The van der Waals surface area contributed by atoms with Gasteiger partial charge in [-0.2, -0.15) is 5.10 Å². The minimum absolute atomic E-state index is 0.310. The van der Waals surface area contributed by atoms with Crippen molar-refractivity contribution in [1.29, 1.82) is 0 Å². The zero-order valence-corrected chi connectivity index (χ0v) is 12.2. The van der Waals surface area contributed by atoms with Crippen molar-refractivity contribution >= 4 is 0 Å². The normalized spacial score (nSPS) is 19.6. The van der Waals surface area contributed by atoms with E-state index in [2.05, 4.69) is 30.8 Å². The van der Waals surface area contributed by atoms with Gasteiger partial charge in [0.1, 0.15) is 6.10 Å². The van der Waals surface area contributed by atoms with Gasteiger partial charge in [-0.15, -0.1) is 0 Å². The summed E-state index contributed by atoms with van der Waals surface area (Å²) >= 11 is 0. The zero-order chi connectivity index (χ0) is 13.9. The van der Waals surface area contributed by atoms with Crippen LogP contribution in [0.5, 0.6) is 0 Å². The number of aliphatic hydroxyl groups excluding tert-OH is 1. The smallest absolute Gasteiger partial charge is 0.113 e. The van der Waals surface area contributed by atoms with Crippen molar-refractivity contribution in [3.63, 3.8) is 0 Å². The van der Waals surface area contributed by atoms with E-state index in [9.17, 15) is 5.11 Å². The van der Waals surface area contributed by atoms with Crippen molar-refractivity contribution < 1.29 is 9.84 Å². The lowest BCUT2D eigenvalue weighted by molar-refractivity contribution is -0.0655. The molecule has 1 atom stereocenters. The topological polar surface area (TPSA) is 50.5 Å². The maximum atomic E-state index is 10.8. The van der Waals surface area contributed by atoms with Gasteiger partial charge in [0.2, 0.25) is 0 Å². The van der Waals surface area contributed by atoms with Crippen LogP contribution in [-0.4, -0.2) is 51.6 Å². The van der Waals surface area contributed by atoms with Gasteiger partial charge >= 0.3 is 0 Å². The Hall–Kier alpha value is -0.910. The molecule has 0 aromatic carbocycles. The van der Waals surface area contributed by atoms with Gasteiger partial charge in [0.25, 0.3) is 0 Å². The van der Waals surface area contributed by atoms with E-state index in [-0.39, 0.29) is 5.54 Å². The van der Waals surface area contributed by atoms with Crippen molar-refractivity contribution in [2.24, 2.45) is 0 Å². The third-order valence-electron chi connectivity index (χ3n) is 3.96. The van der Waals surface area contributed by atoms with E-state index in [0.29, 0.717) is 0 Å². The second kappa shape index (κ2) is 6.03. The summed E-state index contributed by atoms with van der Waals surface area (Å²) in [6.07, 6.45) is 2.24. The highest BCUT2D eigenvalue weighted by Crippen LogP contribution is 2.31. The van der Waals surface area contributed by atoms with E-state index in [1.54, 1.807) is 6.20 Å². The molecule has 1 aromatic heterocycles. The highest BCUT2D eigenvalue weighted by atomic mass is 16.5. The number of morpholine rings is 1. The molecule has 1 aromatic rings. The van der Waals surface area contributed by atoms with Gasteiger partial charge < -0.3 is 9.84 Å². The Bertz CT molecular complexity index is 397. The van der Waals surface area contributed by atoms with Gasteiger partial charge in [-0.3, -0.25) is 9.58 Å². The molecule has 1 saturated heterocycles. The van der Waals surface area contributed by atoms with Crippen LogP contribution in [0.2, 0.25) is 0 Å². The van der Waals surface area contributed by atoms with Crippen LogP contribution in [0.25, 0.3) is 0 Å². The highest BCUT2D eigenvalue weighted by Gasteiger charge is 2.37. The highest BCUT2D eigenvalue weighted by molar-refractivity contribution is 5.11. The molecular formula is C14H25N3O2. The van der Waals surface area contributed by atoms with Crippen molar-refractivity contribution in [2.75, 3.05) is 26.3 Å². The maximum absolute atomic E-state index is 10.8. The predicted octanol–water partition coefficient (Wildman–Crippen LogP) is 1.44. The van der Waals surface area contributed by atoms with Gasteiger partial charge in [0, 0.05) is 31.4 Å². The van der Waals surface area contributed by atoms with Crippen molar-refractivity contribution in [3.8, 4) is 0 Å². The van der Waals surface area contributed by atoms with E-state index in [1.807, 2.05) is 10.7 Å². The quantitative estimate of drug-likeness (QED) is 0.877. The average Bonchev–Trinajstić information content (AvgIpc) is 2.87. The van der Waals surface area contributed by atoms with Crippen LogP contribution >= 0.6 is 0 Å². The fraction of sp³-hybridized carbons (Fsp3) is 0.786. The number of ether oxygens (including phenoxy) is 1. The summed E-state index contributed by atoms with van der Waals surface area (Å²) in [5.41, 5.74) is 0.591. The Labute approximate surface area is 115 Å². The molecule has 1 fully saturated rings. The van der Waals surface area contributed by atoms with Crippen LogP contribution in [-0.2, 0) is 11.3 Å². The van der Waals surface area contributed by atoms with Gasteiger partial charge in [-0.25, -0.2) is 0 Å². The number of nitrogens with zero attached hydrogens (tertiary/aromatic N) is 3. The molecule has 1 N–H and O–H groups in total. The largest absolute Gasteiger partial charge is 0.385 e. The summed E-state index contributed by atoms with van der Waals surface area (Å²) < 4.78 is 7.30. The van der Waals surface area contributed by atoms with E-state index in [4.69, 9.17) is 4.74 Å². The molecule has 1 aliphatic heterocycles. The first-order valence-corrected chi connectivity index (χ1v) is 7.10. The van der Waals surface area contributed by atoms with Crippen LogP contribution in [0, 0.1) is 0 Å². The van der Waals surface area contributed by atoms with Crippen molar-refractivity contribution in [1.82, 2.24) is 14.7 Å². The number of rotatable bonds is 5. The van der Waals surface area contributed by atoms with Crippen LogP contribution in [0.1, 0.15) is 39.0 Å². The summed E-state index contributed by atoms with van der Waals surface area (Å²) in [7, 11) is 0. The summed E-state index contributed by atoms with van der Waals surface area (Å²) in [6.45, 7) is 10.4. The molecule has 0 radical (unpaired) electrons. The summed E-state index contributed by atoms with van der Waals surface area (Å²) in [6, 6.07) is 1.92. The minimum Gasteiger partial charge on any atom is -0.385 e. The zero-order valence-electron chi connectivity index (χ0n) is 12.2. The van der Waals surface area contributed by atoms with Crippen LogP contribution in [0.15, 0.2) is 12.3 Å².